The first-order valence-electron chi connectivity index (χ1n) is 7.44. The van der Waals surface area contributed by atoms with Gasteiger partial charge in [0.25, 0.3) is 0 Å². The molecule has 106 valence electrons. The second kappa shape index (κ2) is 5.54. The lowest BCUT2D eigenvalue weighted by molar-refractivity contribution is 0.398. The molecule has 2 rings (SSSR count). The molecular weight excluding hydrogens is 232 g/mol. The predicted octanol–water partition coefficient (Wildman–Crippen LogP) is 3.87. The van der Waals surface area contributed by atoms with E-state index in [2.05, 4.69) is 63.2 Å². The first-order valence-corrected chi connectivity index (χ1v) is 7.44. The van der Waals surface area contributed by atoms with Crippen LogP contribution in [0.5, 0.6) is 0 Å². The quantitative estimate of drug-likeness (QED) is 0.884. The highest BCUT2D eigenvalue weighted by atomic mass is 15.1. The highest BCUT2D eigenvalue weighted by Crippen LogP contribution is 2.31. The highest BCUT2D eigenvalue weighted by molar-refractivity contribution is 5.55. The van der Waals surface area contributed by atoms with Gasteiger partial charge in [0.2, 0.25) is 0 Å². The van der Waals surface area contributed by atoms with Gasteiger partial charge in [0.1, 0.15) is 0 Å². The number of nitrogens with zero attached hydrogens (tertiary/aromatic N) is 1. The fourth-order valence-electron chi connectivity index (χ4n) is 2.53. The van der Waals surface area contributed by atoms with Crippen LogP contribution in [0.2, 0.25) is 0 Å². The fourth-order valence-corrected chi connectivity index (χ4v) is 2.53. The number of aryl methyl sites for hydroxylation is 1. The zero-order chi connectivity index (χ0) is 14.0. The van der Waals surface area contributed by atoms with Crippen molar-refractivity contribution < 1.29 is 0 Å². The SMILES string of the molecule is Cc1ccc(N(C)C2CCC2)c(CNC(C)(C)C)c1. The Kier molecular flexibility index (Phi) is 4.19. The number of rotatable bonds is 4. The van der Waals surface area contributed by atoms with Gasteiger partial charge in [0, 0.05) is 30.9 Å². The van der Waals surface area contributed by atoms with Crippen LogP contribution in [0.4, 0.5) is 5.69 Å². The Morgan fingerprint density at radius 2 is 1.95 bits per heavy atom. The smallest absolute Gasteiger partial charge is 0.0411 e. The van der Waals surface area contributed by atoms with Crippen molar-refractivity contribution >= 4 is 5.69 Å². The summed E-state index contributed by atoms with van der Waals surface area (Å²) in [7, 11) is 2.25. The molecule has 0 radical (unpaired) electrons. The molecule has 1 saturated carbocycles. The Bertz CT molecular complexity index is 427. The fraction of sp³-hybridized carbons (Fsp3) is 0.647. The lowest BCUT2D eigenvalue weighted by Gasteiger charge is -2.38. The summed E-state index contributed by atoms with van der Waals surface area (Å²) in [6.07, 6.45) is 4.07. The summed E-state index contributed by atoms with van der Waals surface area (Å²) < 4.78 is 0. The van der Waals surface area contributed by atoms with Crippen molar-refractivity contribution in [3.05, 3.63) is 29.3 Å². The Morgan fingerprint density at radius 1 is 1.26 bits per heavy atom. The Balaban J connectivity index is 2.17. The van der Waals surface area contributed by atoms with Gasteiger partial charge in [-0.05, 0) is 58.6 Å². The molecular formula is C17H28N2. The molecule has 1 aliphatic carbocycles. The normalized spacial score (nSPS) is 16.3. The monoisotopic (exact) mass is 260 g/mol. The Hall–Kier alpha value is -1.02. The van der Waals surface area contributed by atoms with Crippen LogP contribution in [0.25, 0.3) is 0 Å². The van der Waals surface area contributed by atoms with Crippen molar-refractivity contribution in [2.45, 2.75) is 65.1 Å². The third kappa shape index (κ3) is 3.73. The van der Waals surface area contributed by atoms with E-state index in [4.69, 9.17) is 0 Å². The average molecular weight is 260 g/mol. The van der Waals surface area contributed by atoms with Crippen molar-refractivity contribution in [1.29, 1.82) is 0 Å². The minimum atomic E-state index is 0.163. The first kappa shape index (κ1) is 14.4. The summed E-state index contributed by atoms with van der Waals surface area (Å²) in [6.45, 7) is 9.78. The molecule has 0 atom stereocenters. The Morgan fingerprint density at radius 3 is 2.47 bits per heavy atom. The van der Waals surface area contributed by atoms with Gasteiger partial charge in [-0.15, -0.1) is 0 Å². The van der Waals surface area contributed by atoms with Gasteiger partial charge in [-0.1, -0.05) is 17.7 Å². The molecule has 1 aliphatic rings. The molecule has 1 aromatic carbocycles. The van der Waals surface area contributed by atoms with Crippen LogP contribution in [-0.2, 0) is 6.54 Å². The van der Waals surface area contributed by atoms with Crippen molar-refractivity contribution in [3.8, 4) is 0 Å². The summed E-state index contributed by atoms with van der Waals surface area (Å²) in [5.41, 5.74) is 4.32. The van der Waals surface area contributed by atoms with Crippen LogP contribution in [0.3, 0.4) is 0 Å². The van der Waals surface area contributed by atoms with Gasteiger partial charge < -0.3 is 10.2 Å². The largest absolute Gasteiger partial charge is 0.371 e. The van der Waals surface area contributed by atoms with Crippen molar-refractivity contribution in [1.82, 2.24) is 5.32 Å². The molecule has 0 amide bonds. The molecule has 2 nitrogen and oxygen atoms in total. The standard InChI is InChI=1S/C17H28N2/c1-13-9-10-16(19(5)15-7-6-8-15)14(11-13)12-18-17(2,3)4/h9-11,15,18H,6-8,12H2,1-5H3. The molecule has 0 heterocycles. The van der Waals surface area contributed by atoms with Gasteiger partial charge in [0.15, 0.2) is 0 Å². The second-order valence-corrected chi connectivity index (χ2v) is 6.93. The molecule has 1 N–H and O–H groups in total. The summed E-state index contributed by atoms with van der Waals surface area (Å²) >= 11 is 0. The van der Waals surface area contributed by atoms with Gasteiger partial charge >= 0.3 is 0 Å². The van der Waals surface area contributed by atoms with Crippen LogP contribution in [0, 0.1) is 6.92 Å². The van der Waals surface area contributed by atoms with Gasteiger partial charge in [-0.3, -0.25) is 0 Å². The number of benzene rings is 1. The third-order valence-corrected chi connectivity index (χ3v) is 4.05. The minimum absolute atomic E-state index is 0.163. The zero-order valence-corrected chi connectivity index (χ0v) is 13.1. The van der Waals surface area contributed by atoms with Gasteiger partial charge in [-0.2, -0.15) is 0 Å². The van der Waals surface area contributed by atoms with Crippen LogP contribution in [-0.4, -0.2) is 18.6 Å². The van der Waals surface area contributed by atoms with E-state index in [1.165, 1.54) is 36.1 Å². The van der Waals surface area contributed by atoms with Gasteiger partial charge in [-0.25, -0.2) is 0 Å². The maximum Gasteiger partial charge on any atom is 0.0411 e. The van der Waals surface area contributed by atoms with E-state index in [9.17, 15) is 0 Å². The van der Waals surface area contributed by atoms with Crippen molar-refractivity contribution in [3.63, 3.8) is 0 Å². The molecule has 0 aliphatic heterocycles. The average Bonchev–Trinajstić information content (AvgIpc) is 2.23. The van der Waals surface area contributed by atoms with E-state index in [-0.39, 0.29) is 5.54 Å². The van der Waals surface area contributed by atoms with E-state index >= 15 is 0 Å². The minimum Gasteiger partial charge on any atom is -0.371 e. The number of nitrogens with one attached hydrogen (secondary N) is 1. The molecule has 0 unspecified atom stereocenters. The number of anilines is 1. The number of hydrogen-bond donors (Lipinski definition) is 1. The Labute approximate surface area is 118 Å². The lowest BCUT2D eigenvalue weighted by atomic mass is 9.91. The van der Waals surface area contributed by atoms with Crippen LogP contribution in [0.1, 0.15) is 51.2 Å². The van der Waals surface area contributed by atoms with E-state index in [1.54, 1.807) is 0 Å². The van der Waals surface area contributed by atoms with Crippen LogP contribution in [0.15, 0.2) is 18.2 Å². The van der Waals surface area contributed by atoms with E-state index < -0.39 is 0 Å². The molecule has 0 spiro atoms. The second-order valence-electron chi connectivity index (χ2n) is 6.93. The van der Waals surface area contributed by atoms with Crippen LogP contribution < -0.4 is 10.2 Å². The predicted molar refractivity (Wildman–Crippen MR) is 83.8 cm³/mol. The first-order chi connectivity index (χ1) is 8.87. The third-order valence-electron chi connectivity index (χ3n) is 4.05. The van der Waals surface area contributed by atoms with E-state index in [0.29, 0.717) is 0 Å². The molecule has 2 heteroatoms. The molecule has 0 bridgehead atoms. The molecule has 0 aromatic heterocycles. The summed E-state index contributed by atoms with van der Waals surface area (Å²) in [4.78, 5) is 2.47. The van der Waals surface area contributed by atoms with Crippen LogP contribution >= 0.6 is 0 Å². The lowest BCUT2D eigenvalue weighted by Crippen LogP contribution is -2.39. The van der Waals surface area contributed by atoms with E-state index in [0.717, 1.165) is 12.6 Å². The summed E-state index contributed by atoms with van der Waals surface area (Å²) in [5.74, 6) is 0. The molecule has 1 aromatic rings. The summed E-state index contributed by atoms with van der Waals surface area (Å²) in [5, 5.41) is 3.61. The molecule has 0 saturated heterocycles. The summed E-state index contributed by atoms with van der Waals surface area (Å²) in [6, 6.07) is 7.58. The van der Waals surface area contributed by atoms with Crippen molar-refractivity contribution in [2.75, 3.05) is 11.9 Å². The topological polar surface area (TPSA) is 15.3 Å². The van der Waals surface area contributed by atoms with Gasteiger partial charge in [0.05, 0.1) is 0 Å². The number of hydrogen-bond acceptors (Lipinski definition) is 2. The van der Waals surface area contributed by atoms with Crippen molar-refractivity contribution in [2.24, 2.45) is 0 Å². The maximum atomic E-state index is 3.61. The maximum absolute atomic E-state index is 3.61. The van der Waals surface area contributed by atoms with E-state index in [1.807, 2.05) is 0 Å². The highest BCUT2D eigenvalue weighted by Gasteiger charge is 2.23. The molecule has 1 fully saturated rings. The zero-order valence-electron chi connectivity index (χ0n) is 13.1. The molecule has 19 heavy (non-hydrogen) atoms.